The number of anilines is 1. The van der Waals surface area contributed by atoms with Crippen molar-refractivity contribution in [2.45, 2.75) is 38.6 Å². The van der Waals surface area contributed by atoms with Gasteiger partial charge in [0, 0.05) is 0 Å². The van der Waals surface area contributed by atoms with Gasteiger partial charge >= 0.3 is 0 Å². The van der Waals surface area contributed by atoms with Gasteiger partial charge in [-0.3, -0.25) is 4.79 Å². The molecule has 0 spiro atoms. The van der Waals surface area contributed by atoms with E-state index >= 15 is 0 Å². The Morgan fingerprint density at radius 3 is 2.62 bits per heavy atom. The molecular formula is C16H26N2O2S. The third-order valence-electron chi connectivity index (χ3n) is 3.29. The van der Waals surface area contributed by atoms with E-state index in [1.807, 2.05) is 24.5 Å². The van der Waals surface area contributed by atoms with Crippen LogP contribution in [0.3, 0.4) is 0 Å². The summed E-state index contributed by atoms with van der Waals surface area (Å²) >= 11 is 1.68. The number of amides is 1. The largest absolute Gasteiger partial charge is 0.495 e. The van der Waals surface area contributed by atoms with Gasteiger partial charge in [-0.1, -0.05) is 26.8 Å². The van der Waals surface area contributed by atoms with Crippen LogP contribution in [-0.2, 0) is 10.2 Å². The van der Waals surface area contributed by atoms with Gasteiger partial charge in [0.05, 0.1) is 18.8 Å². The molecule has 0 aromatic heterocycles. The third kappa shape index (κ3) is 5.25. The summed E-state index contributed by atoms with van der Waals surface area (Å²) in [6.07, 6.45) is 2.66. The molecule has 1 rings (SSSR count). The van der Waals surface area contributed by atoms with Crippen molar-refractivity contribution in [3.05, 3.63) is 23.8 Å². The van der Waals surface area contributed by atoms with Gasteiger partial charge in [0.25, 0.3) is 0 Å². The van der Waals surface area contributed by atoms with Crippen LogP contribution >= 0.6 is 11.8 Å². The molecule has 0 saturated carbocycles. The van der Waals surface area contributed by atoms with Crippen LogP contribution in [0.25, 0.3) is 0 Å². The Kier molecular flexibility index (Phi) is 6.55. The average Bonchev–Trinajstić information content (AvgIpc) is 2.43. The lowest BCUT2D eigenvalue weighted by Crippen LogP contribution is -2.36. The van der Waals surface area contributed by atoms with Gasteiger partial charge in [0.2, 0.25) is 5.91 Å². The number of thioether (sulfide) groups is 1. The predicted octanol–water partition coefficient (Wildman–Crippen LogP) is 3.01. The fraction of sp³-hybridized carbons (Fsp3) is 0.562. The number of methoxy groups -OCH3 is 1. The first kappa shape index (κ1) is 17.9. The number of carbonyl (C=O) groups is 1. The topological polar surface area (TPSA) is 64.3 Å². The summed E-state index contributed by atoms with van der Waals surface area (Å²) in [6.45, 7) is 6.39. The Balaban J connectivity index is 2.92. The molecule has 0 aliphatic rings. The van der Waals surface area contributed by atoms with Crippen LogP contribution < -0.4 is 15.8 Å². The Morgan fingerprint density at radius 1 is 1.43 bits per heavy atom. The molecule has 0 radical (unpaired) electrons. The van der Waals surface area contributed by atoms with Gasteiger partial charge in [-0.25, -0.2) is 0 Å². The van der Waals surface area contributed by atoms with Crippen molar-refractivity contribution < 1.29 is 9.53 Å². The number of rotatable bonds is 6. The minimum atomic E-state index is -0.500. The molecule has 0 aliphatic carbocycles. The molecule has 0 aliphatic heterocycles. The zero-order valence-electron chi connectivity index (χ0n) is 13.5. The molecule has 1 aromatic rings. The van der Waals surface area contributed by atoms with E-state index < -0.39 is 6.04 Å². The summed E-state index contributed by atoms with van der Waals surface area (Å²) in [5.74, 6) is 1.34. The molecule has 21 heavy (non-hydrogen) atoms. The maximum atomic E-state index is 12.1. The van der Waals surface area contributed by atoms with Gasteiger partial charge in [-0.05, 0) is 41.5 Å². The second-order valence-corrected chi connectivity index (χ2v) is 7.03. The highest BCUT2D eigenvalue weighted by molar-refractivity contribution is 7.98. The van der Waals surface area contributed by atoms with E-state index in [1.54, 1.807) is 18.9 Å². The maximum Gasteiger partial charge on any atom is 0.241 e. The van der Waals surface area contributed by atoms with Gasteiger partial charge in [-0.15, -0.1) is 0 Å². The second kappa shape index (κ2) is 7.71. The smallest absolute Gasteiger partial charge is 0.241 e. The molecule has 0 saturated heterocycles. The van der Waals surface area contributed by atoms with Crippen molar-refractivity contribution in [3.63, 3.8) is 0 Å². The monoisotopic (exact) mass is 310 g/mol. The molecule has 0 heterocycles. The third-order valence-corrected chi connectivity index (χ3v) is 3.94. The van der Waals surface area contributed by atoms with Crippen LogP contribution in [0, 0.1) is 0 Å². The predicted molar refractivity (Wildman–Crippen MR) is 91.3 cm³/mol. The van der Waals surface area contributed by atoms with Crippen LogP contribution in [0.5, 0.6) is 5.75 Å². The summed E-state index contributed by atoms with van der Waals surface area (Å²) in [5.41, 5.74) is 7.72. The van der Waals surface area contributed by atoms with Crippen molar-refractivity contribution >= 4 is 23.4 Å². The first-order chi connectivity index (χ1) is 9.79. The molecule has 118 valence electrons. The van der Waals surface area contributed by atoms with Crippen molar-refractivity contribution in [1.82, 2.24) is 0 Å². The summed E-state index contributed by atoms with van der Waals surface area (Å²) in [4.78, 5) is 12.1. The van der Waals surface area contributed by atoms with Gasteiger partial charge in [-0.2, -0.15) is 11.8 Å². The summed E-state index contributed by atoms with van der Waals surface area (Å²) in [7, 11) is 1.59. The Bertz CT molecular complexity index is 484. The molecule has 1 amide bonds. The van der Waals surface area contributed by atoms with Gasteiger partial charge in [0.15, 0.2) is 0 Å². The minimum absolute atomic E-state index is 0.00666. The molecule has 0 fully saturated rings. The van der Waals surface area contributed by atoms with Crippen molar-refractivity contribution in [2.24, 2.45) is 5.73 Å². The fourth-order valence-electron chi connectivity index (χ4n) is 1.87. The lowest BCUT2D eigenvalue weighted by molar-refractivity contribution is -0.117. The zero-order chi connectivity index (χ0) is 16.0. The Morgan fingerprint density at radius 2 is 2.10 bits per heavy atom. The fourth-order valence-corrected chi connectivity index (χ4v) is 2.36. The highest BCUT2D eigenvalue weighted by atomic mass is 32.2. The number of hydrogen-bond donors (Lipinski definition) is 2. The summed E-state index contributed by atoms with van der Waals surface area (Å²) < 4.78 is 5.32. The van der Waals surface area contributed by atoms with E-state index in [2.05, 4.69) is 26.1 Å². The van der Waals surface area contributed by atoms with Gasteiger partial charge < -0.3 is 15.8 Å². The number of ether oxygens (including phenoxy) is 1. The van der Waals surface area contributed by atoms with E-state index in [1.165, 1.54) is 0 Å². The van der Waals surface area contributed by atoms with Crippen LogP contribution in [0.2, 0.25) is 0 Å². The molecular weight excluding hydrogens is 284 g/mol. The molecule has 3 N–H and O–H groups in total. The zero-order valence-corrected chi connectivity index (χ0v) is 14.3. The van der Waals surface area contributed by atoms with Crippen molar-refractivity contribution in [2.75, 3.05) is 24.4 Å². The standard InChI is InChI=1S/C16H26N2O2S/c1-16(2,3)11-6-7-14(20-4)13(10-11)18-15(19)12(17)8-9-21-5/h6-7,10,12H,8-9,17H2,1-5H3,(H,18,19)/t12-/m0/s1. The number of benzene rings is 1. The Hall–Kier alpha value is -1.20. The maximum absolute atomic E-state index is 12.1. The van der Waals surface area contributed by atoms with E-state index in [0.29, 0.717) is 17.9 Å². The number of nitrogens with two attached hydrogens (primary N) is 1. The second-order valence-electron chi connectivity index (χ2n) is 6.04. The molecule has 1 aromatic carbocycles. The summed E-state index contributed by atoms with van der Waals surface area (Å²) in [6, 6.07) is 5.35. The van der Waals surface area contributed by atoms with Crippen LogP contribution in [0.15, 0.2) is 18.2 Å². The lowest BCUT2D eigenvalue weighted by atomic mass is 9.87. The summed E-state index contributed by atoms with van der Waals surface area (Å²) in [5, 5.41) is 2.88. The van der Waals surface area contributed by atoms with E-state index in [9.17, 15) is 4.79 Å². The number of nitrogens with one attached hydrogen (secondary N) is 1. The van der Waals surface area contributed by atoms with Crippen molar-refractivity contribution in [3.8, 4) is 5.75 Å². The molecule has 0 unspecified atom stereocenters. The molecule has 5 heteroatoms. The normalized spacial score (nSPS) is 12.9. The van der Waals surface area contributed by atoms with Crippen molar-refractivity contribution in [1.29, 1.82) is 0 Å². The van der Waals surface area contributed by atoms with Crippen LogP contribution in [0.4, 0.5) is 5.69 Å². The molecule has 1 atom stereocenters. The van der Waals surface area contributed by atoms with E-state index in [4.69, 9.17) is 10.5 Å². The first-order valence-corrected chi connectivity index (χ1v) is 8.43. The van der Waals surface area contributed by atoms with Crippen LogP contribution in [0.1, 0.15) is 32.8 Å². The highest BCUT2D eigenvalue weighted by Gasteiger charge is 2.19. The Labute approximate surface area is 131 Å². The van der Waals surface area contributed by atoms with E-state index in [-0.39, 0.29) is 11.3 Å². The molecule has 0 bridgehead atoms. The van der Waals surface area contributed by atoms with Gasteiger partial charge in [0.1, 0.15) is 5.75 Å². The number of hydrogen-bond acceptors (Lipinski definition) is 4. The first-order valence-electron chi connectivity index (χ1n) is 7.03. The van der Waals surface area contributed by atoms with E-state index in [0.717, 1.165) is 11.3 Å². The number of carbonyl (C=O) groups excluding carboxylic acids is 1. The quantitative estimate of drug-likeness (QED) is 0.848. The minimum Gasteiger partial charge on any atom is -0.495 e. The SMILES string of the molecule is COc1ccc(C(C)(C)C)cc1NC(=O)[C@@H](N)CCSC. The lowest BCUT2D eigenvalue weighted by Gasteiger charge is -2.22. The van der Waals surface area contributed by atoms with Crippen LogP contribution in [-0.4, -0.2) is 31.1 Å². The highest BCUT2D eigenvalue weighted by Crippen LogP contribution is 2.31. The average molecular weight is 310 g/mol. The molecule has 4 nitrogen and oxygen atoms in total.